The van der Waals surface area contributed by atoms with Crippen LogP contribution < -0.4 is 10.1 Å². The summed E-state index contributed by atoms with van der Waals surface area (Å²) in [6, 6.07) is 7.38. The van der Waals surface area contributed by atoms with Crippen molar-refractivity contribution in [3.8, 4) is 5.88 Å². The molecule has 0 atom stereocenters. The maximum Gasteiger partial charge on any atom is 0.220 e. The van der Waals surface area contributed by atoms with Crippen molar-refractivity contribution in [2.75, 3.05) is 6.61 Å². The molecular formula is C17H20N2O3S. The molecule has 122 valence electrons. The van der Waals surface area contributed by atoms with Gasteiger partial charge in [-0.15, -0.1) is 11.3 Å². The van der Waals surface area contributed by atoms with E-state index < -0.39 is 0 Å². The van der Waals surface area contributed by atoms with Crippen molar-refractivity contribution in [3.63, 3.8) is 0 Å². The molecule has 2 rings (SSSR count). The van der Waals surface area contributed by atoms with Crippen LogP contribution in [-0.2, 0) is 11.3 Å². The highest BCUT2D eigenvalue weighted by atomic mass is 32.1. The Hall–Kier alpha value is -2.21. The second-order valence-corrected chi connectivity index (χ2v) is 6.30. The molecule has 0 saturated heterocycles. The van der Waals surface area contributed by atoms with E-state index >= 15 is 0 Å². The topological polar surface area (TPSA) is 68.3 Å². The van der Waals surface area contributed by atoms with Gasteiger partial charge in [-0.25, -0.2) is 4.98 Å². The second kappa shape index (κ2) is 8.43. The molecule has 0 aromatic carbocycles. The largest absolute Gasteiger partial charge is 0.478 e. The normalized spacial score (nSPS) is 10.3. The van der Waals surface area contributed by atoms with Crippen LogP contribution in [0.1, 0.15) is 39.9 Å². The lowest BCUT2D eigenvalue weighted by Crippen LogP contribution is -2.23. The van der Waals surface area contributed by atoms with Crippen LogP contribution in [0, 0.1) is 6.92 Å². The molecule has 0 fully saturated rings. The van der Waals surface area contributed by atoms with E-state index in [-0.39, 0.29) is 24.5 Å². The molecular weight excluding hydrogens is 312 g/mol. The minimum absolute atomic E-state index is 0.00892. The van der Waals surface area contributed by atoms with Crippen molar-refractivity contribution in [1.82, 2.24) is 10.3 Å². The second-order valence-electron chi connectivity index (χ2n) is 5.01. The van der Waals surface area contributed by atoms with Crippen molar-refractivity contribution >= 4 is 23.0 Å². The van der Waals surface area contributed by atoms with Crippen molar-refractivity contribution in [1.29, 1.82) is 0 Å². The van der Waals surface area contributed by atoms with Crippen LogP contribution in [0.3, 0.4) is 0 Å². The molecule has 0 aliphatic carbocycles. The first kappa shape index (κ1) is 17.1. The van der Waals surface area contributed by atoms with Crippen molar-refractivity contribution in [2.24, 2.45) is 0 Å². The third-order valence-corrected chi connectivity index (χ3v) is 4.24. The molecule has 0 bridgehead atoms. The van der Waals surface area contributed by atoms with Crippen LogP contribution in [0.2, 0.25) is 0 Å². The number of aryl methyl sites for hydroxylation is 1. The number of nitrogens with one attached hydrogen (secondary N) is 1. The Morgan fingerprint density at radius 1 is 1.26 bits per heavy atom. The Morgan fingerprint density at radius 2 is 2.09 bits per heavy atom. The van der Waals surface area contributed by atoms with E-state index in [1.807, 2.05) is 32.0 Å². The molecule has 2 heterocycles. The quantitative estimate of drug-likeness (QED) is 0.754. The monoisotopic (exact) mass is 332 g/mol. The van der Waals surface area contributed by atoms with E-state index in [4.69, 9.17) is 4.74 Å². The zero-order valence-corrected chi connectivity index (χ0v) is 14.1. The molecule has 6 heteroatoms. The molecule has 5 nitrogen and oxygen atoms in total. The standard InChI is InChI=1S/C17H20N2O3S/c1-3-22-17-13(5-4-10-18-17)11-19-16(21)9-7-14(20)15-8-6-12(2)23-15/h4-6,8,10H,3,7,9,11H2,1-2H3,(H,19,21). The van der Waals surface area contributed by atoms with E-state index in [0.717, 1.165) is 10.4 Å². The zero-order valence-electron chi connectivity index (χ0n) is 13.3. The fourth-order valence-electron chi connectivity index (χ4n) is 2.04. The summed E-state index contributed by atoms with van der Waals surface area (Å²) in [5.41, 5.74) is 0.822. The van der Waals surface area contributed by atoms with Gasteiger partial charge in [-0.2, -0.15) is 0 Å². The molecule has 0 unspecified atom stereocenters. The van der Waals surface area contributed by atoms with Gasteiger partial charge in [0, 0.05) is 36.0 Å². The van der Waals surface area contributed by atoms with Crippen LogP contribution in [0.5, 0.6) is 5.88 Å². The highest BCUT2D eigenvalue weighted by Crippen LogP contribution is 2.17. The summed E-state index contributed by atoms with van der Waals surface area (Å²) in [6.07, 6.45) is 2.05. The third kappa shape index (κ3) is 5.17. The number of thiophene rings is 1. The van der Waals surface area contributed by atoms with E-state index in [9.17, 15) is 9.59 Å². The predicted octanol–water partition coefficient (Wildman–Crippen LogP) is 3.13. The smallest absolute Gasteiger partial charge is 0.220 e. The first-order chi connectivity index (χ1) is 11.1. The van der Waals surface area contributed by atoms with Gasteiger partial charge in [-0.1, -0.05) is 6.07 Å². The highest BCUT2D eigenvalue weighted by molar-refractivity contribution is 7.14. The summed E-state index contributed by atoms with van der Waals surface area (Å²) in [7, 11) is 0. The molecule has 2 aromatic rings. The Balaban J connectivity index is 1.80. The Morgan fingerprint density at radius 3 is 2.78 bits per heavy atom. The number of carbonyl (C=O) groups is 2. The van der Waals surface area contributed by atoms with Gasteiger partial charge in [-0.3, -0.25) is 9.59 Å². The van der Waals surface area contributed by atoms with Gasteiger partial charge < -0.3 is 10.1 Å². The number of carbonyl (C=O) groups excluding carboxylic acids is 2. The SMILES string of the molecule is CCOc1ncccc1CNC(=O)CCC(=O)c1ccc(C)s1. The number of ketones is 1. The lowest BCUT2D eigenvalue weighted by atomic mass is 10.2. The molecule has 0 aliphatic rings. The van der Waals surface area contributed by atoms with E-state index in [1.165, 1.54) is 11.3 Å². The van der Waals surface area contributed by atoms with Crippen LogP contribution in [0.4, 0.5) is 0 Å². The van der Waals surface area contributed by atoms with E-state index in [2.05, 4.69) is 10.3 Å². The maximum absolute atomic E-state index is 12.0. The first-order valence-electron chi connectivity index (χ1n) is 7.53. The summed E-state index contributed by atoms with van der Waals surface area (Å²) in [5, 5.41) is 2.80. The van der Waals surface area contributed by atoms with Crippen molar-refractivity contribution in [2.45, 2.75) is 33.2 Å². The van der Waals surface area contributed by atoms with Gasteiger partial charge in [0.15, 0.2) is 5.78 Å². The van der Waals surface area contributed by atoms with Gasteiger partial charge in [0.05, 0.1) is 11.5 Å². The summed E-state index contributed by atoms with van der Waals surface area (Å²) in [6.45, 7) is 4.70. The average molecular weight is 332 g/mol. The summed E-state index contributed by atoms with van der Waals surface area (Å²) < 4.78 is 5.41. The molecule has 0 spiro atoms. The Kier molecular flexibility index (Phi) is 6.29. The van der Waals surface area contributed by atoms with Gasteiger partial charge in [-0.05, 0) is 32.0 Å². The van der Waals surface area contributed by atoms with Gasteiger partial charge in [0.2, 0.25) is 11.8 Å². The third-order valence-electron chi connectivity index (χ3n) is 3.20. The maximum atomic E-state index is 12.0. The number of amides is 1. The fraction of sp³-hybridized carbons (Fsp3) is 0.353. The zero-order chi connectivity index (χ0) is 16.7. The number of Topliss-reactive ketones (excluding diaryl/α,β-unsaturated/α-hetero) is 1. The Bertz CT molecular complexity index is 682. The molecule has 1 N–H and O–H groups in total. The lowest BCUT2D eigenvalue weighted by molar-refractivity contribution is -0.121. The molecule has 0 radical (unpaired) electrons. The molecule has 23 heavy (non-hydrogen) atoms. The van der Waals surface area contributed by atoms with Crippen LogP contribution in [0.15, 0.2) is 30.5 Å². The Labute approximate surface area is 139 Å². The first-order valence-corrected chi connectivity index (χ1v) is 8.34. The van der Waals surface area contributed by atoms with Crippen molar-refractivity contribution in [3.05, 3.63) is 45.8 Å². The van der Waals surface area contributed by atoms with E-state index in [0.29, 0.717) is 23.9 Å². The number of pyridine rings is 1. The average Bonchev–Trinajstić information content (AvgIpc) is 2.98. The number of rotatable bonds is 8. The summed E-state index contributed by atoms with van der Waals surface area (Å²) in [5.74, 6) is 0.382. The molecule has 1 amide bonds. The van der Waals surface area contributed by atoms with Crippen LogP contribution in [0.25, 0.3) is 0 Å². The number of nitrogens with zero attached hydrogens (tertiary/aromatic N) is 1. The number of aromatic nitrogens is 1. The minimum atomic E-state index is -0.155. The number of hydrogen-bond acceptors (Lipinski definition) is 5. The lowest BCUT2D eigenvalue weighted by Gasteiger charge is -2.09. The summed E-state index contributed by atoms with van der Waals surface area (Å²) >= 11 is 1.46. The summed E-state index contributed by atoms with van der Waals surface area (Å²) in [4.78, 5) is 29.8. The van der Waals surface area contributed by atoms with Crippen LogP contribution in [-0.4, -0.2) is 23.3 Å². The molecule has 0 aliphatic heterocycles. The fourth-order valence-corrected chi connectivity index (χ4v) is 2.88. The minimum Gasteiger partial charge on any atom is -0.478 e. The van der Waals surface area contributed by atoms with Gasteiger partial charge in [0.1, 0.15) is 0 Å². The number of ether oxygens (including phenoxy) is 1. The molecule has 2 aromatic heterocycles. The number of hydrogen-bond donors (Lipinski definition) is 1. The molecule has 0 saturated carbocycles. The van der Waals surface area contributed by atoms with Crippen LogP contribution >= 0.6 is 11.3 Å². The van der Waals surface area contributed by atoms with Gasteiger partial charge >= 0.3 is 0 Å². The highest BCUT2D eigenvalue weighted by Gasteiger charge is 2.12. The van der Waals surface area contributed by atoms with Gasteiger partial charge in [0.25, 0.3) is 0 Å². The van der Waals surface area contributed by atoms with E-state index in [1.54, 1.807) is 12.3 Å². The predicted molar refractivity (Wildman–Crippen MR) is 89.9 cm³/mol. The van der Waals surface area contributed by atoms with Crippen molar-refractivity contribution < 1.29 is 14.3 Å².